The van der Waals surface area contributed by atoms with Crippen LogP contribution in [0, 0.1) is 21.7 Å². The number of aromatic carboxylic acids is 1. The lowest BCUT2D eigenvalue weighted by Crippen LogP contribution is -2.05. The van der Waals surface area contributed by atoms with Gasteiger partial charge in [-0.1, -0.05) is 6.07 Å². The van der Waals surface area contributed by atoms with Gasteiger partial charge in [0.1, 0.15) is 22.9 Å². The number of carboxylic acids is 1. The summed E-state index contributed by atoms with van der Waals surface area (Å²) in [4.78, 5) is 21.1. The van der Waals surface area contributed by atoms with Crippen LogP contribution >= 0.6 is 0 Å². The quantitative estimate of drug-likeness (QED) is 0.666. The first kappa shape index (κ1) is 14.4. The summed E-state index contributed by atoms with van der Waals surface area (Å²) < 4.78 is 26.2. The van der Waals surface area contributed by atoms with E-state index >= 15 is 0 Å². The van der Waals surface area contributed by atoms with Crippen molar-refractivity contribution < 1.29 is 23.6 Å². The van der Waals surface area contributed by atoms with E-state index in [-0.39, 0.29) is 11.4 Å². The van der Waals surface area contributed by atoms with E-state index in [0.29, 0.717) is 6.07 Å². The maximum Gasteiger partial charge on any atom is 0.342 e. The van der Waals surface area contributed by atoms with E-state index in [0.717, 1.165) is 18.2 Å². The maximum absolute atomic E-state index is 13.1. The minimum atomic E-state index is -1.48. The van der Waals surface area contributed by atoms with Crippen LogP contribution in [0.5, 0.6) is 0 Å². The van der Waals surface area contributed by atoms with Crippen molar-refractivity contribution in [3.05, 3.63) is 63.7 Å². The van der Waals surface area contributed by atoms with E-state index in [1.807, 2.05) is 0 Å². The molecule has 2 N–H and O–H groups in total. The number of carboxylic acid groups (broad SMARTS) is 1. The van der Waals surface area contributed by atoms with Gasteiger partial charge in [0.25, 0.3) is 0 Å². The molecular formula is C13H8F2N2O4. The molecule has 2 rings (SSSR count). The van der Waals surface area contributed by atoms with Crippen molar-refractivity contribution in [2.45, 2.75) is 0 Å². The molecule has 0 radical (unpaired) electrons. The van der Waals surface area contributed by atoms with Crippen LogP contribution in [0.2, 0.25) is 0 Å². The third-order valence-electron chi connectivity index (χ3n) is 2.59. The second kappa shape index (κ2) is 5.53. The standard InChI is InChI=1S/C13H8F2N2O4/c14-7-4-8(15)6-9(5-7)16-11-3-1-2-10(13(18)19)12(11)17(20)21/h1-6,16H,(H,18,19). The van der Waals surface area contributed by atoms with Crippen LogP contribution in [0.4, 0.5) is 25.8 Å². The molecule has 0 aliphatic carbocycles. The van der Waals surface area contributed by atoms with Gasteiger partial charge in [-0.3, -0.25) is 10.1 Å². The third kappa shape index (κ3) is 3.11. The van der Waals surface area contributed by atoms with Gasteiger partial charge in [-0.25, -0.2) is 13.6 Å². The van der Waals surface area contributed by atoms with Crippen molar-refractivity contribution in [1.29, 1.82) is 0 Å². The van der Waals surface area contributed by atoms with Gasteiger partial charge >= 0.3 is 11.7 Å². The van der Waals surface area contributed by atoms with Crippen LogP contribution in [0.1, 0.15) is 10.4 Å². The highest BCUT2D eigenvalue weighted by Gasteiger charge is 2.24. The Hall–Kier alpha value is -3.03. The summed E-state index contributed by atoms with van der Waals surface area (Å²) in [7, 11) is 0. The summed E-state index contributed by atoms with van der Waals surface area (Å²) in [6.45, 7) is 0. The molecule has 0 saturated carbocycles. The van der Waals surface area contributed by atoms with E-state index in [9.17, 15) is 23.7 Å². The highest BCUT2D eigenvalue weighted by atomic mass is 19.1. The maximum atomic E-state index is 13.1. The topological polar surface area (TPSA) is 92.5 Å². The van der Waals surface area contributed by atoms with Gasteiger partial charge < -0.3 is 10.4 Å². The zero-order valence-corrected chi connectivity index (χ0v) is 10.3. The summed E-state index contributed by atoms with van der Waals surface area (Å²) in [5.74, 6) is -3.21. The van der Waals surface area contributed by atoms with Gasteiger partial charge in [0.15, 0.2) is 0 Å². The van der Waals surface area contributed by atoms with E-state index in [1.165, 1.54) is 12.1 Å². The van der Waals surface area contributed by atoms with Crippen molar-refractivity contribution in [2.24, 2.45) is 0 Å². The van der Waals surface area contributed by atoms with Gasteiger partial charge in [0, 0.05) is 11.8 Å². The number of nitro groups is 1. The number of rotatable bonds is 4. The number of benzene rings is 2. The largest absolute Gasteiger partial charge is 0.477 e. The van der Waals surface area contributed by atoms with Crippen LogP contribution in [-0.4, -0.2) is 16.0 Å². The molecule has 2 aromatic rings. The number of carbonyl (C=O) groups is 1. The first-order valence-corrected chi connectivity index (χ1v) is 5.62. The summed E-state index contributed by atoms with van der Waals surface area (Å²) in [6, 6.07) is 6.10. The lowest BCUT2D eigenvalue weighted by atomic mass is 10.1. The Bertz CT molecular complexity index is 714. The predicted octanol–water partition coefficient (Wildman–Crippen LogP) is 3.31. The Morgan fingerprint density at radius 3 is 2.33 bits per heavy atom. The number of para-hydroxylation sites is 1. The first-order valence-electron chi connectivity index (χ1n) is 5.62. The highest BCUT2D eigenvalue weighted by molar-refractivity contribution is 5.96. The van der Waals surface area contributed by atoms with Crippen molar-refractivity contribution in [1.82, 2.24) is 0 Å². The third-order valence-corrected chi connectivity index (χ3v) is 2.59. The van der Waals surface area contributed by atoms with Crippen LogP contribution in [0.25, 0.3) is 0 Å². The number of anilines is 2. The molecule has 0 spiro atoms. The molecule has 0 heterocycles. The molecule has 0 aromatic heterocycles. The van der Waals surface area contributed by atoms with Crippen LogP contribution in [0.3, 0.4) is 0 Å². The average Bonchev–Trinajstić information content (AvgIpc) is 2.36. The molecule has 0 unspecified atom stereocenters. The molecule has 0 aliphatic rings. The van der Waals surface area contributed by atoms with Gasteiger partial charge in [-0.2, -0.15) is 0 Å². The second-order valence-electron chi connectivity index (χ2n) is 4.05. The van der Waals surface area contributed by atoms with Crippen LogP contribution in [0.15, 0.2) is 36.4 Å². The molecule has 0 fully saturated rings. The number of nitro benzene ring substituents is 1. The van der Waals surface area contributed by atoms with Crippen molar-refractivity contribution in [2.75, 3.05) is 5.32 Å². The molecule has 2 aromatic carbocycles. The van der Waals surface area contributed by atoms with E-state index in [2.05, 4.69) is 5.32 Å². The lowest BCUT2D eigenvalue weighted by molar-refractivity contribution is -0.384. The average molecular weight is 294 g/mol. The fourth-order valence-corrected chi connectivity index (χ4v) is 1.80. The second-order valence-corrected chi connectivity index (χ2v) is 4.05. The van der Waals surface area contributed by atoms with Gasteiger partial charge in [-0.05, 0) is 24.3 Å². The van der Waals surface area contributed by atoms with Crippen molar-refractivity contribution >= 4 is 23.0 Å². The van der Waals surface area contributed by atoms with Crippen molar-refractivity contribution in [3.8, 4) is 0 Å². The first-order chi connectivity index (χ1) is 9.88. The van der Waals surface area contributed by atoms with E-state index < -0.39 is 33.8 Å². The molecular weight excluding hydrogens is 286 g/mol. The lowest BCUT2D eigenvalue weighted by Gasteiger charge is -2.09. The number of hydrogen-bond donors (Lipinski definition) is 2. The fourth-order valence-electron chi connectivity index (χ4n) is 1.80. The molecule has 8 heteroatoms. The van der Waals surface area contributed by atoms with Crippen LogP contribution in [-0.2, 0) is 0 Å². The normalized spacial score (nSPS) is 10.2. The molecule has 21 heavy (non-hydrogen) atoms. The number of hydrogen-bond acceptors (Lipinski definition) is 4. The SMILES string of the molecule is O=C(O)c1cccc(Nc2cc(F)cc(F)c2)c1[N+](=O)[O-]. The number of nitrogens with one attached hydrogen (secondary N) is 1. The van der Waals surface area contributed by atoms with E-state index in [4.69, 9.17) is 5.11 Å². The minimum absolute atomic E-state index is 0.0712. The zero-order valence-electron chi connectivity index (χ0n) is 10.3. The molecule has 0 saturated heterocycles. The van der Waals surface area contributed by atoms with Crippen LogP contribution < -0.4 is 5.32 Å². The molecule has 0 atom stereocenters. The molecule has 0 aliphatic heterocycles. The smallest absolute Gasteiger partial charge is 0.342 e. The molecule has 6 nitrogen and oxygen atoms in total. The molecule has 108 valence electrons. The minimum Gasteiger partial charge on any atom is -0.477 e. The van der Waals surface area contributed by atoms with Gasteiger partial charge in [0.2, 0.25) is 0 Å². The Morgan fingerprint density at radius 1 is 1.19 bits per heavy atom. The fraction of sp³-hybridized carbons (Fsp3) is 0. The zero-order chi connectivity index (χ0) is 15.6. The van der Waals surface area contributed by atoms with Gasteiger partial charge in [0.05, 0.1) is 4.92 Å². The number of nitrogens with zero attached hydrogens (tertiary/aromatic N) is 1. The van der Waals surface area contributed by atoms with E-state index in [1.54, 1.807) is 0 Å². The summed E-state index contributed by atoms with van der Waals surface area (Å²) in [6.07, 6.45) is 0. The Labute approximate surface area is 116 Å². The van der Waals surface area contributed by atoms with Crippen molar-refractivity contribution in [3.63, 3.8) is 0 Å². The Balaban J connectivity index is 2.51. The summed E-state index contributed by atoms with van der Waals surface area (Å²) in [5.41, 5.74) is -1.46. The number of halogens is 2. The highest BCUT2D eigenvalue weighted by Crippen LogP contribution is 2.31. The monoisotopic (exact) mass is 294 g/mol. The Morgan fingerprint density at radius 2 is 1.81 bits per heavy atom. The van der Waals surface area contributed by atoms with Gasteiger partial charge in [-0.15, -0.1) is 0 Å². The molecule has 0 amide bonds. The molecule has 0 bridgehead atoms. The summed E-state index contributed by atoms with van der Waals surface area (Å²) >= 11 is 0. The summed E-state index contributed by atoms with van der Waals surface area (Å²) in [5, 5.41) is 22.4. The predicted molar refractivity (Wildman–Crippen MR) is 69.7 cm³/mol. The Kier molecular flexibility index (Phi) is 3.79.